The zero-order chi connectivity index (χ0) is 17.8. The molecule has 1 fully saturated rings. The molecule has 1 aromatic carbocycles. The van der Waals surface area contributed by atoms with Crippen molar-refractivity contribution in [1.29, 1.82) is 0 Å². The van der Waals surface area contributed by atoms with Gasteiger partial charge in [-0.1, -0.05) is 12.1 Å². The molecule has 5 rings (SSSR count). The van der Waals surface area contributed by atoms with Gasteiger partial charge in [-0.2, -0.15) is 5.10 Å². The van der Waals surface area contributed by atoms with E-state index in [9.17, 15) is 4.79 Å². The third-order valence-corrected chi connectivity index (χ3v) is 5.40. The van der Waals surface area contributed by atoms with E-state index in [0.717, 1.165) is 34.5 Å². The number of nitrogens with zero attached hydrogens (tertiary/aromatic N) is 3. The maximum atomic E-state index is 12.9. The summed E-state index contributed by atoms with van der Waals surface area (Å²) in [7, 11) is 0. The molecule has 134 valence electrons. The van der Waals surface area contributed by atoms with E-state index in [1.165, 1.54) is 0 Å². The first kappa shape index (κ1) is 15.6. The smallest absolute Gasteiger partial charge is 0.274 e. The standard InChI is InChI=1S/C19H21N5O2/c1-10-7-13-16(11(2)26-10)22-23-17(13)19(25)24-8-12(9-24)18-20-14-5-3-4-6-15(14)21-18/h3-6,10-12H,7-9H2,1-2H3,(H,20,21)(H,22,23)/t10-,11+/m1/s1. The van der Waals surface area contributed by atoms with Crippen LogP contribution in [0.25, 0.3) is 11.0 Å². The fraction of sp³-hybridized carbons (Fsp3) is 0.421. The van der Waals surface area contributed by atoms with E-state index in [0.29, 0.717) is 18.8 Å². The Bertz CT molecular complexity index is 952. The van der Waals surface area contributed by atoms with Gasteiger partial charge in [0.05, 0.1) is 34.9 Å². The van der Waals surface area contributed by atoms with Crippen LogP contribution in [0.1, 0.15) is 53.4 Å². The molecule has 1 amide bonds. The molecule has 2 atom stereocenters. The number of imidazole rings is 1. The fourth-order valence-electron chi connectivity index (χ4n) is 3.98. The van der Waals surface area contributed by atoms with Crippen molar-refractivity contribution in [3.63, 3.8) is 0 Å². The second kappa shape index (κ2) is 5.67. The van der Waals surface area contributed by atoms with Crippen molar-refractivity contribution in [3.05, 3.63) is 47.0 Å². The summed E-state index contributed by atoms with van der Waals surface area (Å²) in [5.74, 6) is 1.20. The number of benzene rings is 1. The number of likely N-dealkylation sites (tertiary alicyclic amines) is 1. The van der Waals surface area contributed by atoms with E-state index in [1.54, 1.807) is 0 Å². The van der Waals surface area contributed by atoms with Gasteiger partial charge in [-0.15, -0.1) is 0 Å². The van der Waals surface area contributed by atoms with Crippen LogP contribution in [-0.2, 0) is 11.2 Å². The molecule has 2 N–H and O–H groups in total. The van der Waals surface area contributed by atoms with Crippen LogP contribution in [0.5, 0.6) is 0 Å². The van der Waals surface area contributed by atoms with Crippen LogP contribution in [0.2, 0.25) is 0 Å². The number of aromatic amines is 2. The molecule has 7 nitrogen and oxygen atoms in total. The quantitative estimate of drug-likeness (QED) is 0.743. The number of nitrogens with one attached hydrogen (secondary N) is 2. The summed E-state index contributed by atoms with van der Waals surface area (Å²) in [6, 6.07) is 7.99. The van der Waals surface area contributed by atoms with Gasteiger partial charge in [0.15, 0.2) is 5.69 Å². The lowest BCUT2D eigenvalue weighted by atomic mass is 9.96. The van der Waals surface area contributed by atoms with Crippen LogP contribution in [0, 0.1) is 0 Å². The van der Waals surface area contributed by atoms with Gasteiger partial charge in [0, 0.05) is 25.1 Å². The molecule has 0 unspecified atom stereocenters. The van der Waals surface area contributed by atoms with Gasteiger partial charge in [-0.3, -0.25) is 9.89 Å². The fourth-order valence-corrected chi connectivity index (χ4v) is 3.98. The predicted molar refractivity (Wildman–Crippen MR) is 96.0 cm³/mol. The highest BCUT2D eigenvalue weighted by Gasteiger charge is 2.38. The molecule has 0 spiro atoms. The van der Waals surface area contributed by atoms with Gasteiger partial charge in [0.1, 0.15) is 5.82 Å². The van der Waals surface area contributed by atoms with E-state index >= 15 is 0 Å². The highest BCUT2D eigenvalue weighted by molar-refractivity contribution is 5.94. The first-order valence-corrected chi connectivity index (χ1v) is 9.06. The minimum atomic E-state index is -0.0533. The number of H-pyrrole nitrogens is 2. The Kier molecular flexibility index (Phi) is 3.40. The number of amides is 1. The van der Waals surface area contributed by atoms with Crippen LogP contribution < -0.4 is 0 Å². The van der Waals surface area contributed by atoms with E-state index in [1.807, 2.05) is 43.0 Å². The van der Waals surface area contributed by atoms with Crippen molar-refractivity contribution in [2.45, 2.75) is 38.4 Å². The maximum Gasteiger partial charge on any atom is 0.274 e. The van der Waals surface area contributed by atoms with Crippen molar-refractivity contribution in [3.8, 4) is 0 Å². The second-order valence-electron chi connectivity index (χ2n) is 7.30. The number of hydrogen-bond donors (Lipinski definition) is 2. The monoisotopic (exact) mass is 351 g/mol. The first-order valence-electron chi connectivity index (χ1n) is 9.06. The van der Waals surface area contributed by atoms with Gasteiger partial charge in [0.25, 0.3) is 5.91 Å². The highest BCUT2D eigenvalue weighted by atomic mass is 16.5. The van der Waals surface area contributed by atoms with Crippen molar-refractivity contribution in [2.75, 3.05) is 13.1 Å². The average Bonchev–Trinajstić information content (AvgIpc) is 3.16. The Hall–Kier alpha value is -2.67. The molecule has 0 radical (unpaired) electrons. The average molecular weight is 351 g/mol. The maximum absolute atomic E-state index is 12.9. The summed E-state index contributed by atoms with van der Waals surface area (Å²) in [6.07, 6.45) is 0.766. The third-order valence-electron chi connectivity index (χ3n) is 5.40. The minimum Gasteiger partial charge on any atom is -0.369 e. The lowest BCUT2D eigenvalue weighted by Crippen LogP contribution is -2.49. The van der Waals surface area contributed by atoms with Crippen molar-refractivity contribution in [1.82, 2.24) is 25.1 Å². The highest BCUT2D eigenvalue weighted by Crippen LogP contribution is 2.33. The number of fused-ring (bicyclic) bond motifs is 2. The molecule has 2 aliphatic rings. The Balaban J connectivity index is 1.33. The molecular formula is C19H21N5O2. The van der Waals surface area contributed by atoms with Crippen molar-refractivity contribution in [2.24, 2.45) is 0 Å². The molecule has 0 aliphatic carbocycles. The van der Waals surface area contributed by atoms with Gasteiger partial charge >= 0.3 is 0 Å². The number of carbonyl (C=O) groups excluding carboxylic acids is 1. The van der Waals surface area contributed by atoms with E-state index in [4.69, 9.17) is 4.74 Å². The van der Waals surface area contributed by atoms with Crippen LogP contribution in [0.3, 0.4) is 0 Å². The molecular weight excluding hydrogens is 330 g/mol. The summed E-state index contributed by atoms with van der Waals surface area (Å²) in [6.45, 7) is 5.36. The van der Waals surface area contributed by atoms with Crippen LogP contribution in [-0.4, -0.2) is 50.2 Å². The lowest BCUT2D eigenvalue weighted by molar-refractivity contribution is -0.00706. The summed E-state index contributed by atoms with van der Waals surface area (Å²) < 4.78 is 5.80. The molecule has 7 heteroatoms. The Morgan fingerprint density at radius 2 is 2.08 bits per heavy atom. The molecule has 0 saturated carbocycles. The number of aromatic nitrogens is 4. The van der Waals surface area contributed by atoms with E-state index < -0.39 is 0 Å². The predicted octanol–water partition coefficient (Wildman–Crippen LogP) is 2.55. The first-order chi connectivity index (χ1) is 12.6. The van der Waals surface area contributed by atoms with Crippen LogP contribution in [0.4, 0.5) is 0 Å². The molecule has 3 aromatic rings. The minimum absolute atomic E-state index is 0.00355. The van der Waals surface area contributed by atoms with Gasteiger partial charge < -0.3 is 14.6 Å². The number of carbonyl (C=O) groups is 1. The topological polar surface area (TPSA) is 86.9 Å². The Labute approximate surface area is 150 Å². The molecule has 2 aromatic heterocycles. The van der Waals surface area contributed by atoms with Crippen molar-refractivity contribution >= 4 is 16.9 Å². The number of para-hydroxylation sites is 2. The lowest BCUT2D eigenvalue weighted by Gasteiger charge is -2.38. The summed E-state index contributed by atoms with van der Waals surface area (Å²) in [4.78, 5) is 22.8. The molecule has 26 heavy (non-hydrogen) atoms. The third kappa shape index (κ3) is 2.34. The zero-order valence-corrected chi connectivity index (χ0v) is 14.8. The van der Waals surface area contributed by atoms with E-state index in [-0.39, 0.29) is 24.0 Å². The molecule has 0 bridgehead atoms. The van der Waals surface area contributed by atoms with Crippen molar-refractivity contribution < 1.29 is 9.53 Å². The summed E-state index contributed by atoms with van der Waals surface area (Å²) >= 11 is 0. The Morgan fingerprint density at radius 1 is 1.27 bits per heavy atom. The normalized spacial score (nSPS) is 23.1. The SMILES string of the molecule is C[C@@H]1Cc2c(C(=O)N3CC(c4nc5ccccc5[nH]4)C3)n[nH]c2[C@H](C)O1. The Morgan fingerprint density at radius 3 is 2.88 bits per heavy atom. The molecule has 4 heterocycles. The van der Waals surface area contributed by atoms with Gasteiger partial charge in [-0.25, -0.2) is 4.98 Å². The van der Waals surface area contributed by atoms with Gasteiger partial charge in [-0.05, 0) is 26.0 Å². The summed E-state index contributed by atoms with van der Waals surface area (Å²) in [5, 5.41) is 7.30. The van der Waals surface area contributed by atoms with E-state index in [2.05, 4.69) is 20.2 Å². The second-order valence-corrected chi connectivity index (χ2v) is 7.30. The number of hydrogen-bond acceptors (Lipinski definition) is 4. The van der Waals surface area contributed by atoms with Crippen LogP contribution >= 0.6 is 0 Å². The molecule has 2 aliphatic heterocycles. The van der Waals surface area contributed by atoms with Gasteiger partial charge in [0.2, 0.25) is 0 Å². The zero-order valence-electron chi connectivity index (χ0n) is 14.8. The van der Waals surface area contributed by atoms with Crippen LogP contribution in [0.15, 0.2) is 24.3 Å². The number of rotatable bonds is 2. The molecule has 1 saturated heterocycles. The summed E-state index contributed by atoms with van der Waals surface area (Å²) in [5.41, 5.74) is 4.49. The number of ether oxygens (including phenoxy) is 1. The largest absolute Gasteiger partial charge is 0.369 e.